The standard InChI is InChI=1S/C39H53ClN4O5S/c1-6-28-21-43(22-28)38(46)42-50(47)23-26(3)10-8-12-35(48-5)32(7-2)27(4)20-44-24-39(17-9-11-29-18-31(40)14-15-33(29)39)25-49-36-16-13-30(19-34(36)44)37(45)41-50/h8,12-16,18-19,26-28,32,35H,6-7,9-11,17,20-25H2,1-5H3,(H,41,42,45,46,47)/b12-8+/t26-,27-,32+,35-,39-,50-/m0/s1. The molecule has 272 valence electrons. The van der Waals surface area contributed by atoms with E-state index >= 15 is 0 Å². The molecule has 2 aromatic rings. The Balaban J connectivity index is 1.42. The average Bonchev–Trinajstić information content (AvgIpc) is 3.19. The van der Waals surface area contributed by atoms with Gasteiger partial charge in [0.1, 0.15) is 15.7 Å². The molecule has 3 heterocycles. The Kier molecular flexibility index (Phi) is 11.2. The first-order valence-corrected chi connectivity index (χ1v) is 20.4. The number of amides is 3. The normalized spacial score (nSPS) is 31.1. The van der Waals surface area contributed by atoms with Gasteiger partial charge >= 0.3 is 6.03 Å². The molecule has 1 fully saturated rings. The van der Waals surface area contributed by atoms with E-state index in [0.717, 1.165) is 49.4 Å². The molecule has 6 rings (SSSR count). The number of hydrogen-bond acceptors (Lipinski definition) is 6. The quantitative estimate of drug-likeness (QED) is 0.325. The number of allylic oxidation sites excluding steroid dienone is 1. The van der Waals surface area contributed by atoms with Crippen LogP contribution in [0.1, 0.15) is 81.3 Å². The summed E-state index contributed by atoms with van der Waals surface area (Å²) in [5.74, 6) is 0.935. The summed E-state index contributed by atoms with van der Waals surface area (Å²) < 4.78 is 34.2. The molecule has 6 atom stereocenters. The van der Waals surface area contributed by atoms with Gasteiger partial charge in [-0.15, -0.1) is 4.36 Å². The number of benzene rings is 2. The first-order chi connectivity index (χ1) is 24.0. The van der Waals surface area contributed by atoms with Crippen molar-refractivity contribution in [3.8, 4) is 5.75 Å². The minimum Gasteiger partial charge on any atom is -0.490 e. The molecule has 50 heavy (non-hydrogen) atoms. The number of anilines is 1. The van der Waals surface area contributed by atoms with Crippen LogP contribution in [-0.4, -0.2) is 72.8 Å². The Hall–Kier alpha value is -3.08. The summed E-state index contributed by atoms with van der Waals surface area (Å²) in [5.41, 5.74) is 3.40. The number of nitrogens with zero attached hydrogens (tertiary/aromatic N) is 3. The van der Waals surface area contributed by atoms with Crippen molar-refractivity contribution in [2.75, 3.05) is 50.5 Å². The molecule has 1 aliphatic carbocycles. The van der Waals surface area contributed by atoms with E-state index in [9.17, 15) is 13.8 Å². The molecule has 4 aliphatic rings. The summed E-state index contributed by atoms with van der Waals surface area (Å²) in [6.07, 6.45) is 9.60. The van der Waals surface area contributed by atoms with E-state index < -0.39 is 21.9 Å². The molecule has 1 N–H and O–H groups in total. The monoisotopic (exact) mass is 724 g/mol. The van der Waals surface area contributed by atoms with Gasteiger partial charge in [-0.3, -0.25) is 9.52 Å². The maximum Gasteiger partial charge on any atom is 0.329 e. The van der Waals surface area contributed by atoms with Gasteiger partial charge in [0.15, 0.2) is 0 Å². The van der Waals surface area contributed by atoms with E-state index in [2.05, 4.69) is 59.0 Å². The van der Waals surface area contributed by atoms with Crippen molar-refractivity contribution < 1.29 is 23.3 Å². The van der Waals surface area contributed by atoms with Crippen LogP contribution < -0.4 is 14.4 Å². The van der Waals surface area contributed by atoms with Crippen LogP contribution in [-0.2, 0) is 26.5 Å². The number of likely N-dealkylation sites (tertiary alicyclic amines) is 1. The smallest absolute Gasteiger partial charge is 0.329 e. The van der Waals surface area contributed by atoms with E-state index in [1.54, 1.807) is 18.1 Å². The van der Waals surface area contributed by atoms with Crippen LogP contribution >= 0.6 is 11.6 Å². The fraction of sp³-hybridized carbons (Fsp3) is 0.590. The summed E-state index contributed by atoms with van der Waals surface area (Å²) in [5, 5.41) is 0.741. The third kappa shape index (κ3) is 7.72. The van der Waals surface area contributed by atoms with E-state index in [0.29, 0.717) is 49.9 Å². The molecular weight excluding hydrogens is 672 g/mol. The van der Waals surface area contributed by atoms with Crippen LogP contribution in [0.25, 0.3) is 0 Å². The van der Waals surface area contributed by atoms with Gasteiger partial charge in [-0.05, 0) is 97.2 Å². The van der Waals surface area contributed by atoms with E-state index in [1.807, 2.05) is 25.1 Å². The van der Waals surface area contributed by atoms with Gasteiger partial charge in [-0.25, -0.2) is 9.00 Å². The Labute approximate surface area is 303 Å². The predicted octanol–water partition coefficient (Wildman–Crippen LogP) is 7.66. The SMILES string of the molecule is CCC1CN(C(=O)N[S@@]2(=O)=NC(=O)c3ccc4c(c3)N(C[C@H](C)[C@@H](CC)[C@@H](OC)/C=C/C[C@H](C)C2)C[C@@]2(CCCc3cc(Cl)ccc32)CO4)C1. The third-order valence-corrected chi connectivity index (χ3v) is 13.6. The molecule has 0 unspecified atom stereocenters. The number of nitrogens with one attached hydrogen (secondary N) is 1. The number of rotatable bonds is 4. The van der Waals surface area contributed by atoms with Crippen LogP contribution in [0, 0.1) is 23.7 Å². The van der Waals surface area contributed by atoms with Gasteiger partial charge < -0.3 is 19.3 Å². The Morgan fingerprint density at radius 3 is 2.68 bits per heavy atom. The van der Waals surface area contributed by atoms with Gasteiger partial charge in [0.25, 0.3) is 5.91 Å². The zero-order valence-electron chi connectivity index (χ0n) is 30.2. The summed E-state index contributed by atoms with van der Waals surface area (Å²) in [7, 11) is -1.68. The topological polar surface area (TPSA) is 101 Å². The average molecular weight is 725 g/mol. The molecule has 0 saturated carbocycles. The summed E-state index contributed by atoms with van der Waals surface area (Å²) in [6, 6.07) is 11.2. The first-order valence-electron chi connectivity index (χ1n) is 18.3. The van der Waals surface area contributed by atoms with E-state index in [4.69, 9.17) is 21.1 Å². The Bertz CT molecular complexity index is 1730. The van der Waals surface area contributed by atoms with Crippen molar-refractivity contribution in [3.63, 3.8) is 0 Å². The predicted molar refractivity (Wildman–Crippen MR) is 201 cm³/mol. The number of hydrogen-bond donors (Lipinski definition) is 1. The number of ether oxygens (including phenoxy) is 2. The van der Waals surface area contributed by atoms with Gasteiger partial charge in [0, 0.05) is 49.3 Å². The lowest BCUT2D eigenvalue weighted by atomic mass is 9.70. The minimum atomic E-state index is -3.44. The Morgan fingerprint density at radius 1 is 1.14 bits per heavy atom. The minimum absolute atomic E-state index is 0.0528. The molecule has 0 aromatic heterocycles. The zero-order valence-corrected chi connectivity index (χ0v) is 31.7. The van der Waals surface area contributed by atoms with Crippen molar-refractivity contribution >= 4 is 39.1 Å². The van der Waals surface area contributed by atoms with Crippen LogP contribution in [0.3, 0.4) is 0 Å². The second-order valence-electron chi connectivity index (χ2n) is 15.1. The van der Waals surface area contributed by atoms with Gasteiger partial charge in [0.05, 0.1) is 24.2 Å². The zero-order chi connectivity index (χ0) is 35.6. The maximum atomic E-state index is 14.5. The molecule has 9 nitrogen and oxygen atoms in total. The highest BCUT2D eigenvalue weighted by molar-refractivity contribution is 7.92. The van der Waals surface area contributed by atoms with Crippen LogP contribution in [0.5, 0.6) is 5.75 Å². The maximum absolute atomic E-state index is 14.5. The van der Waals surface area contributed by atoms with Crippen molar-refractivity contribution in [3.05, 3.63) is 70.3 Å². The number of urea groups is 1. The molecule has 3 amide bonds. The second kappa shape index (κ2) is 15.3. The summed E-state index contributed by atoms with van der Waals surface area (Å²) in [6.45, 7) is 11.7. The lowest BCUT2D eigenvalue weighted by Crippen LogP contribution is -2.55. The second-order valence-corrected chi connectivity index (χ2v) is 17.5. The van der Waals surface area contributed by atoms with Crippen LogP contribution in [0.4, 0.5) is 10.5 Å². The Morgan fingerprint density at radius 2 is 1.94 bits per heavy atom. The molecule has 1 spiro atoms. The number of carbonyl (C=O) groups excluding carboxylic acids is 2. The van der Waals surface area contributed by atoms with Crippen LogP contribution in [0.15, 0.2) is 52.9 Å². The van der Waals surface area contributed by atoms with E-state index in [1.165, 1.54) is 11.1 Å². The summed E-state index contributed by atoms with van der Waals surface area (Å²) in [4.78, 5) is 31.2. The number of carbonyl (C=O) groups is 2. The molecule has 11 heteroatoms. The molecule has 0 radical (unpaired) electrons. The number of halogens is 1. The molecule has 2 bridgehead atoms. The van der Waals surface area contributed by atoms with Gasteiger partial charge in [0.2, 0.25) is 0 Å². The van der Waals surface area contributed by atoms with Crippen LogP contribution in [0.2, 0.25) is 5.02 Å². The van der Waals surface area contributed by atoms with Crippen molar-refractivity contribution in [2.24, 2.45) is 28.0 Å². The van der Waals surface area contributed by atoms with Gasteiger partial charge in [-0.2, -0.15) is 0 Å². The van der Waals surface area contributed by atoms with Crippen molar-refractivity contribution in [2.45, 2.75) is 77.7 Å². The number of methoxy groups -OCH3 is 1. The lowest BCUT2D eigenvalue weighted by molar-refractivity contribution is 0.0637. The largest absolute Gasteiger partial charge is 0.490 e. The molecule has 1 saturated heterocycles. The first kappa shape index (κ1) is 36.7. The third-order valence-electron chi connectivity index (χ3n) is 11.4. The van der Waals surface area contributed by atoms with Crippen molar-refractivity contribution in [1.29, 1.82) is 0 Å². The highest BCUT2D eigenvalue weighted by Crippen LogP contribution is 2.45. The highest BCUT2D eigenvalue weighted by atomic mass is 35.5. The fourth-order valence-corrected chi connectivity index (χ4v) is 10.5. The summed E-state index contributed by atoms with van der Waals surface area (Å²) >= 11 is 6.46. The molecule has 3 aliphatic heterocycles. The fourth-order valence-electron chi connectivity index (χ4n) is 8.47. The van der Waals surface area contributed by atoms with Crippen molar-refractivity contribution in [1.82, 2.24) is 9.62 Å². The lowest BCUT2D eigenvalue weighted by Gasteiger charge is -2.42. The number of aryl methyl sites for hydroxylation is 1. The molecule has 2 aromatic carbocycles. The van der Waals surface area contributed by atoms with E-state index in [-0.39, 0.29) is 35.0 Å². The number of fused-ring (bicyclic) bond motifs is 3. The van der Waals surface area contributed by atoms with Gasteiger partial charge in [-0.1, -0.05) is 63.9 Å². The molecular formula is C39H53ClN4O5S. The highest BCUT2D eigenvalue weighted by Gasteiger charge is 2.43.